The molecule has 0 spiro atoms. The SMILES string of the molecule is N#CC(O)OP(=O)(O)O. The number of phosphoric ester groups is 1. The van der Waals surface area contributed by atoms with Gasteiger partial charge in [0.15, 0.2) is 0 Å². The van der Waals surface area contributed by atoms with Crippen LogP contribution in [-0.4, -0.2) is 21.2 Å². The first kappa shape index (κ1) is 8.56. The molecule has 6 nitrogen and oxygen atoms in total. The van der Waals surface area contributed by atoms with Crippen LogP contribution in [0.25, 0.3) is 0 Å². The maximum Gasteiger partial charge on any atom is 0.472 e. The Balaban J connectivity index is 3.78. The Hall–Kier alpha value is -0.440. The van der Waals surface area contributed by atoms with Gasteiger partial charge in [-0.15, -0.1) is 0 Å². The molecule has 0 saturated heterocycles. The Labute approximate surface area is 50.5 Å². The highest BCUT2D eigenvalue weighted by molar-refractivity contribution is 7.46. The van der Waals surface area contributed by atoms with E-state index in [2.05, 4.69) is 4.52 Å². The number of aliphatic hydroxyl groups excluding tert-OH is 1. The summed E-state index contributed by atoms with van der Waals surface area (Å²) in [5.41, 5.74) is 0. The van der Waals surface area contributed by atoms with Crippen molar-refractivity contribution < 1.29 is 24.0 Å². The van der Waals surface area contributed by atoms with Gasteiger partial charge in [-0.05, 0) is 0 Å². The van der Waals surface area contributed by atoms with E-state index in [1.54, 1.807) is 0 Å². The van der Waals surface area contributed by atoms with E-state index < -0.39 is 14.1 Å². The molecule has 0 aliphatic carbocycles. The lowest BCUT2D eigenvalue weighted by Gasteiger charge is -2.03. The van der Waals surface area contributed by atoms with Crippen LogP contribution in [0.5, 0.6) is 0 Å². The third-order valence-corrected chi connectivity index (χ3v) is 0.822. The predicted octanol–water partition coefficient (Wildman–Crippen LogP) is -1.06. The molecule has 0 aliphatic rings. The van der Waals surface area contributed by atoms with Gasteiger partial charge in [-0.2, -0.15) is 5.26 Å². The summed E-state index contributed by atoms with van der Waals surface area (Å²) in [4.78, 5) is 15.8. The second-order valence-corrected chi connectivity index (χ2v) is 2.27. The fourth-order valence-corrected chi connectivity index (χ4v) is 0.461. The maximum atomic E-state index is 9.76. The predicted molar refractivity (Wildman–Crippen MR) is 24.7 cm³/mol. The first-order valence-corrected chi connectivity index (χ1v) is 3.30. The van der Waals surface area contributed by atoms with E-state index in [1.165, 1.54) is 0 Å². The second-order valence-electron chi connectivity index (χ2n) is 1.08. The molecule has 0 aliphatic heterocycles. The third-order valence-electron chi connectivity index (χ3n) is 0.348. The van der Waals surface area contributed by atoms with Gasteiger partial charge in [-0.1, -0.05) is 0 Å². The molecule has 1 atom stereocenters. The van der Waals surface area contributed by atoms with E-state index in [0.717, 1.165) is 6.07 Å². The van der Waals surface area contributed by atoms with Gasteiger partial charge in [0, 0.05) is 0 Å². The van der Waals surface area contributed by atoms with Crippen LogP contribution >= 0.6 is 7.82 Å². The van der Waals surface area contributed by atoms with Crippen LogP contribution in [0.1, 0.15) is 0 Å². The van der Waals surface area contributed by atoms with Gasteiger partial charge in [0.05, 0.1) is 0 Å². The average Bonchev–Trinajstić information content (AvgIpc) is 1.62. The molecule has 0 amide bonds. The number of phosphoric acid groups is 1. The molecule has 7 heteroatoms. The third kappa shape index (κ3) is 5.43. The number of hydrogen-bond acceptors (Lipinski definition) is 4. The van der Waals surface area contributed by atoms with Crippen molar-refractivity contribution in [3.05, 3.63) is 0 Å². The lowest BCUT2D eigenvalue weighted by molar-refractivity contribution is 0.00744. The molecule has 0 fully saturated rings. The molecule has 1 unspecified atom stereocenters. The van der Waals surface area contributed by atoms with Crippen molar-refractivity contribution >= 4 is 7.82 Å². The number of nitrogens with zero attached hydrogens (tertiary/aromatic N) is 1. The summed E-state index contributed by atoms with van der Waals surface area (Å²) in [5.74, 6) is 0. The van der Waals surface area contributed by atoms with Crippen molar-refractivity contribution in [1.29, 1.82) is 5.26 Å². The molecule has 0 rings (SSSR count). The fourth-order valence-electron chi connectivity index (χ4n) is 0.154. The lowest BCUT2D eigenvalue weighted by atomic mass is 10.8. The van der Waals surface area contributed by atoms with Gasteiger partial charge in [-0.3, -0.25) is 0 Å². The molecule has 0 radical (unpaired) electrons. The minimum Gasteiger partial charge on any atom is -0.356 e. The van der Waals surface area contributed by atoms with E-state index in [-0.39, 0.29) is 0 Å². The summed E-state index contributed by atoms with van der Waals surface area (Å²) < 4.78 is 13.2. The van der Waals surface area contributed by atoms with Crippen LogP contribution in [-0.2, 0) is 9.09 Å². The average molecular weight is 153 g/mol. The van der Waals surface area contributed by atoms with Crippen LogP contribution in [0.2, 0.25) is 0 Å². The Morgan fingerprint density at radius 3 is 2.22 bits per heavy atom. The highest BCUT2D eigenvalue weighted by Crippen LogP contribution is 2.36. The molecule has 0 bridgehead atoms. The summed E-state index contributed by atoms with van der Waals surface area (Å²) in [6.45, 7) is 0. The summed E-state index contributed by atoms with van der Waals surface area (Å²) in [5, 5.41) is 15.8. The number of rotatable bonds is 2. The molecule has 52 valence electrons. The molecule has 3 N–H and O–H groups in total. The van der Waals surface area contributed by atoms with E-state index in [9.17, 15) is 4.57 Å². The highest BCUT2D eigenvalue weighted by Gasteiger charge is 2.19. The van der Waals surface area contributed by atoms with Crippen molar-refractivity contribution in [3.63, 3.8) is 0 Å². The molecule has 0 saturated carbocycles. The second kappa shape index (κ2) is 2.92. The molecule has 0 aromatic carbocycles. The standard InChI is InChI=1S/C2H4NO5P/c3-1-2(4)8-9(5,6)7/h2,4H,(H2,5,6,7). The van der Waals surface area contributed by atoms with E-state index in [0.29, 0.717) is 0 Å². The Kier molecular flexibility index (Phi) is 2.77. The van der Waals surface area contributed by atoms with Crippen molar-refractivity contribution in [2.45, 2.75) is 6.29 Å². The van der Waals surface area contributed by atoms with Crippen LogP contribution < -0.4 is 0 Å². The van der Waals surface area contributed by atoms with Gasteiger partial charge in [0.1, 0.15) is 6.07 Å². The van der Waals surface area contributed by atoms with E-state index in [4.69, 9.17) is 20.2 Å². The smallest absolute Gasteiger partial charge is 0.356 e. The first-order valence-electron chi connectivity index (χ1n) is 1.77. The Morgan fingerprint density at radius 2 is 2.11 bits per heavy atom. The van der Waals surface area contributed by atoms with Crippen LogP contribution in [0.3, 0.4) is 0 Å². The molecule has 0 aromatic heterocycles. The van der Waals surface area contributed by atoms with Crippen molar-refractivity contribution in [2.24, 2.45) is 0 Å². The number of nitriles is 1. The maximum absolute atomic E-state index is 9.76. The molecule has 9 heavy (non-hydrogen) atoms. The topological polar surface area (TPSA) is 111 Å². The number of hydrogen-bond donors (Lipinski definition) is 3. The zero-order valence-electron chi connectivity index (χ0n) is 4.13. The zero-order valence-corrected chi connectivity index (χ0v) is 5.02. The summed E-state index contributed by atoms with van der Waals surface area (Å²) in [6, 6.07) is 1.06. The monoisotopic (exact) mass is 153 g/mol. The van der Waals surface area contributed by atoms with Crippen LogP contribution in [0.4, 0.5) is 0 Å². The Bertz CT molecular complexity index is 166. The number of aliphatic hydroxyl groups is 1. The summed E-state index contributed by atoms with van der Waals surface area (Å²) in [6.07, 6.45) is -2.06. The van der Waals surface area contributed by atoms with Crippen LogP contribution in [0, 0.1) is 11.3 Å². The summed E-state index contributed by atoms with van der Waals surface area (Å²) in [7, 11) is -4.71. The highest BCUT2D eigenvalue weighted by atomic mass is 31.2. The molecular formula is C2H4NO5P. The van der Waals surface area contributed by atoms with Gasteiger partial charge in [-0.25, -0.2) is 9.09 Å². The van der Waals surface area contributed by atoms with Crippen LogP contribution in [0.15, 0.2) is 0 Å². The normalized spacial score (nSPS) is 14.4. The van der Waals surface area contributed by atoms with Gasteiger partial charge in [0.25, 0.3) is 6.29 Å². The molecule has 0 heterocycles. The minimum absolute atomic E-state index is 1.06. The van der Waals surface area contributed by atoms with Gasteiger partial charge in [0.2, 0.25) is 0 Å². The van der Waals surface area contributed by atoms with Crippen molar-refractivity contribution in [3.8, 4) is 6.07 Å². The largest absolute Gasteiger partial charge is 0.472 e. The minimum atomic E-state index is -4.71. The zero-order chi connectivity index (χ0) is 7.49. The fraction of sp³-hybridized carbons (Fsp3) is 0.500. The molecular weight excluding hydrogens is 149 g/mol. The summed E-state index contributed by atoms with van der Waals surface area (Å²) >= 11 is 0. The van der Waals surface area contributed by atoms with Crippen molar-refractivity contribution in [1.82, 2.24) is 0 Å². The lowest BCUT2D eigenvalue weighted by Crippen LogP contribution is -2.05. The van der Waals surface area contributed by atoms with Crippen molar-refractivity contribution in [2.75, 3.05) is 0 Å². The quantitative estimate of drug-likeness (QED) is 0.265. The molecule has 0 aromatic rings. The van der Waals surface area contributed by atoms with Gasteiger partial charge >= 0.3 is 7.82 Å². The van der Waals surface area contributed by atoms with E-state index >= 15 is 0 Å². The Morgan fingerprint density at radius 1 is 1.67 bits per heavy atom. The van der Waals surface area contributed by atoms with E-state index in [1.807, 2.05) is 0 Å². The first-order chi connectivity index (χ1) is 3.95. The van der Waals surface area contributed by atoms with Gasteiger partial charge < -0.3 is 14.9 Å².